The van der Waals surface area contributed by atoms with Gasteiger partial charge in [0.25, 0.3) is 0 Å². The number of nitrogens with zero attached hydrogens (tertiary/aromatic N) is 2. The van der Waals surface area contributed by atoms with Crippen molar-refractivity contribution in [3.05, 3.63) is 24.0 Å². The zero-order chi connectivity index (χ0) is 11.9. The Morgan fingerprint density at radius 2 is 1.94 bits per heavy atom. The molecule has 16 heavy (non-hydrogen) atoms. The lowest BCUT2D eigenvalue weighted by Gasteiger charge is -2.17. The summed E-state index contributed by atoms with van der Waals surface area (Å²) in [6, 6.07) is 5.97. The number of ether oxygens (including phenoxy) is 1. The first-order chi connectivity index (χ1) is 7.43. The Labute approximate surface area is 96.1 Å². The molecule has 0 aliphatic rings. The van der Waals surface area contributed by atoms with Crippen molar-refractivity contribution in [1.29, 1.82) is 0 Å². The molecule has 0 fully saturated rings. The summed E-state index contributed by atoms with van der Waals surface area (Å²) in [6.07, 6.45) is 0. The lowest BCUT2D eigenvalue weighted by molar-refractivity contribution is 0.415. The van der Waals surface area contributed by atoms with E-state index in [1.54, 1.807) is 7.11 Å². The van der Waals surface area contributed by atoms with Crippen molar-refractivity contribution in [3.8, 4) is 5.75 Å². The maximum Gasteiger partial charge on any atom is 0.121 e. The van der Waals surface area contributed by atoms with Crippen LogP contribution >= 0.6 is 0 Å². The first kappa shape index (κ1) is 11.0. The second-order valence-corrected chi connectivity index (χ2v) is 5.10. The highest BCUT2D eigenvalue weighted by molar-refractivity contribution is 5.78. The summed E-state index contributed by atoms with van der Waals surface area (Å²) < 4.78 is 7.37. The maximum atomic E-state index is 5.23. The quantitative estimate of drug-likeness (QED) is 0.736. The summed E-state index contributed by atoms with van der Waals surface area (Å²) in [4.78, 5) is 4.67. The minimum atomic E-state index is 0.0566. The van der Waals surface area contributed by atoms with E-state index in [0.717, 1.165) is 22.6 Å². The van der Waals surface area contributed by atoms with E-state index in [4.69, 9.17) is 4.74 Å². The van der Waals surface area contributed by atoms with Crippen molar-refractivity contribution in [2.45, 2.75) is 26.2 Å². The average Bonchev–Trinajstić information content (AvgIpc) is 2.55. The van der Waals surface area contributed by atoms with Crippen LogP contribution in [0.5, 0.6) is 5.75 Å². The van der Waals surface area contributed by atoms with Gasteiger partial charge < -0.3 is 9.30 Å². The van der Waals surface area contributed by atoms with E-state index in [1.807, 2.05) is 18.2 Å². The van der Waals surface area contributed by atoms with Gasteiger partial charge in [0, 0.05) is 18.5 Å². The van der Waals surface area contributed by atoms with Gasteiger partial charge in [0.15, 0.2) is 0 Å². The molecule has 1 heterocycles. The highest BCUT2D eigenvalue weighted by Gasteiger charge is 2.21. The Balaban J connectivity index is 2.69. The number of hydrogen-bond donors (Lipinski definition) is 0. The molecule has 0 N–H and O–H groups in total. The van der Waals surface area contributed by atoms with Gasteiger partial charge in [-0.1, -0.05) is 20.8 Å². The van der Waals surface area contributed by atoms with Crippen molar-refractivity contribution in [2.75, 3.05) is 7.11 Å². The van der Waals surface area contributed by atoms with Crippen LogP contribution in [0.3, 0.4) is 0 Å². The summed E-state index contributed by atoms with van der Waals surface area (Å²) in [5.41, 5.74) is 2.19. The molecule has 0 atom stereocenters. The summed E-state index contributed by atoms with van der Waals surface area (Å²) in [5, 5.41) is 0. The topological polar surface area (TPSA) is 27.1 Å². The highest BCUT2D eigenvalue weighted by Crippen LogP contribution is 2.27. The van der Waals surface area contributed by atoms with E-state index in [2.05, 4.69) is 37.4 Å². The predicted molar refractivity (Wildman–Crippen MR) is 66.0 cm³/mol. The lowest BCUT2D eigenvalue weighted by Crippen LogP contribution is -2.17. The van der Waals surface area contributed by atoms with Crippen LogP contribution in [0.25, 0.3) is 11.0 Å². The Kier molecular flexibility index (Phi) is 2.41. The van der Waals surface area contributed by atoms with Crippen molar-refractivity contribution < 1.29 is 4.74 Å². The van der Waals surface area contributed by atoms with Crippen molar-refractivity contribution >= 4 is 11.0 Å². The third kappa shape index (κ3) is 1.66. The zero-order valence-corrected chi connectivity index (χ0v) is 10.5. The van der Waals surface area contributed by atoms with Gasteiger partial charge in [0.1, 0.15) is 11.6 Å². The van der Waals surface area contributed by atoms with Crippen LogP contribution in [0.15, 0.2) is 18.2 Å². The molecule has 2 rings (SSSR count). The van der Waals surface area contributed by atoms with E-state index in [9.17, 15) is 0 Å². The minimum Gasteiger partial charge on any atom is -0.497 e. The summed E-state index contributed by atoms with van der Waals surface area (Å²) in [5.74, 6) is 1.96. The molecular weight excluding hydrogens is 200 g/mol. The normalized spacial score (nSPS) is 12.1. The van der Waals surface area contributed by atoms with Crippen molar-refractivity contribution in [3.63, 3.8) is 0 Å². The predicted octanol–water partition coefficient (Wildman–Crippen LogP) is 2.88. The van der Waals surface area contributed by atoms with Gasteiger partial charge in [-0.15, -0.1) is 0 Å². The second-order valence-electron chi connectivity index (χ2n) is 5.10. The number of hydrogen-bond acceptors (Lipinski definition) is 2. The molecule has 86 valence electrons. The number of rotatable bonds is 1. The third-order valence-electron chi connectivity index (χ3n) is 2.76. The lowest BCUT2D eigenvalue weighted by atomic mass is 9.96. The van der Waals surface area contributed by atoms with Gasteiger partial charge in [-0.3, -0.25) is 0 Å². The smallest absolute Gasteiger partial charge is 0.121 e. The minimum absolute atomic E-state index is 0.0566. The van der Waals surface area contributed by atoms with E-state index in [1.165, 1.54) is 0 Å². The van der Waals surface area contributed by atoms with Crippen LogP contribution in [0, 0.1) is 0 Å². The molecule has 3 heteroatoms. The zero-order valence-electron chi connectivity index (χ0n) is 10.5. The molecule has 0 amide bonds. The largest absolute Gasteiger partial charge is 0.497 e. The molecule has 0 aliphatic carbocycles. The Morgan fingerprint density at radius 1 is 1.25 bits per heavy atom. The molecule has 0 bridgehead atoms. The van der Waals surface area contributed by atoms with Gasteiger partial charge >= 0.3 is 0 Å². The highest BCUT2D eigenvalue weighted by atomic mass is 16.5. The van der Waals surface area contributed by atoms with Gasteiger partial charge in [-0.25, -0.2) is 4.98 Å². The number of aryl methyl sites for hydroxylation is 1. The summed E-state index contributed by atoms with van der Waals surface area (Å²) in [7, 11) is 3.73. The fourth-order valence-corrected chi connectivity index (χ4v) is 1.97. The van der Waals surface area contributed by atoms with Gasteiger partial charge in [-0.2, -0.15) is 0 Å². The molecule has 0 saturated heterocycles. The maximum absolute atomic E-state index is 5.23. The molecule has 0 saturated carbocycles. The van der Waals surface area contributed by atoms with Crippen LogP contribution in [0.4, 0.5) is 0 Å². The Morgan fingerprint density at radius 3 is 2.50 bits per heavy atom. The SMILES string of the molecule is COc1ccc2nc(C(C)(C)C)n(C)c2c1. The van der Waals surface area contributed by atoms with Crippen LogP contribution in [-0.4, -0.2) is 16.7 Å². The summed E-state index contributed by atoms with van der Waals surface area (Å²) >= 11 is 0. The number of fused-ring (bicyclic) bond motifs is 1. The van der Waals surface area contributed by atoms with Crippen molar-refractivity contribution in [2.24, 2.45) is 7.05 Å². The number of methoxy groups -OCH3 is 1. The molecule has 3 nitrogen and oxygen atoms in total. The Bertz CT molecular complexity index is 520. The molecule has 1 aromatic carbocycles. The number of benzene rings is 1. The molecule has 0 unspecified atom stereocenters. The monoisotopic (exact) mass is 218 g/mol. The molecule has 0 radical (unpaired) electrons. The van der Waals surface area contributed by atoms with Gasteiger partial charge in [0.05, 0.1) is 18.1 Å². The van der Waals surface area contributed by atoms with E-state index < -0.39 is 0 Å². The third-order valence-corrected chi connectivity index (χ3v) is 2.76. The molecule has 1 aromatic heterocycles. The standard InChI is InChI=1S/C13H18N2O/c1-13(2,3)12-14-10-7-6-9(16-5)8-11(10)15(12)4/h6-8H,1-5H3. The number of aromatic nitrogens is 2. The van der Waals surface area contributed by atoms with Crippen LogP contribution in [0.1, 0.15) is 26.6 Å². The van der Waals surface area contributed by atoms with Crippen molar-refractivity contribution in [1.82, 2.24) is 9.55 Å². The molecule has 2 aromatic rings. The van der Waals surface area contributed by atoms with Crippen LogP contribution in [0.2, 0.25) is 0 Å². The molecular formula is C13H18N2O. The summed E-state index contributed by atoms with van der Waals surface area (Å²) in [6.45, 7) is 6.52. The first-order valence-electron chi connectivity index (χ1n) is 5.44. The fourth-order valence-electron chi connectivity index (χ4n) is 1.97. The van der Waals surface area contributed by atoms with Crippen LogP contribution in [-0.2, 0) is 12.5 Å². The van der Waals surface area contributed by atoms with E-state index >= 15 is 0 Å². The first-order valence-corrected chi connectivity index (χ1v) is 5.44. The average molecular weight is 218 g/mol. The Hall–Kier alpha value is -1.51. The van der Waals surface area contributed by atoms with E-state index in [0.29, 0.717) is 0 Å². The fraction of sp³-hybridized carbons (Fsp3) is 0.462. The van der Waals surface area contributed by atoms with Crippen LogP contribution < -0.4 is 4.74 Å². The number of imidazole rings is 1. The second kappa shape index (κ2) is 3.51. The van der Waals surface area contributed by atoms with Gasteiger partial charge in [-0.05, 0) is 12.1 Å². The molecule has 0 aliphatic heterocycles. The van der Waals surface area contributed by atoms with Gasteiger partial charge in [0.2, 0.25) is 0 Å². The molecule has 0 spiro atoms. The van der Waals surface area contributed by atoms with E-state index in [-0.39, 0.29) is 5.41 Å².